The lowest BCUT2D eigenvalue weighted by molar-refractivity contribution is -0.118. The number of aryl methyl sites for hydroxylation is 2. The lowest BCUT2D eigenvalue weighted by atomic mass is 9.78. The highest BCUT2D eigenvalue weighted by Crippen LogP contribution is 2.36. The quantitative estimate of drug-likeness (QED) is 0.0689. The van der Waals surface area contributed by atoms with Crippen LogP contribution in [0.2, 0.25) is 0 Å². The van der Waals surface area contributed by atoms with Crippen LogP contribution in [0.3, 0.4) is 0 Å². The Bertz CT molecular complexity index is 2320. The molecule has 7 rings (SSSR count). The number of carbonyl (C=O) groups is 3. The van der Waals surface area contributed by atoms with Gasteiger partial charge in [0.15, 0.2) is 0 Å². The van der Waals surface area contributed by atoms with Gasteiger partial charge in [0.2, 0.25) is 0 Å². The maximum Gasteiger partial charge on any atom is 0.494 e. The summed E-state index contributed by atoms with van der Waals surface area (Å²) in [5.74, 6) is 0.645. The first kappa shape index (κ1) is 53.8. The number of pyridine rings is 2. The smallest absolute Gasteiger partial charge is 0.399 e. The largest absolute Gasteiger partial charge is 0.494 e. The van der Waals surface area contributed by atoms with E-state index in [1.54, 1.807) is 47.7 Å². The van der Waals surface area contributed by atoms with Crippen molar-refractivity contribution in [2.75, 3.05) is 18.8 Å². The number of benzene rings is 4. The van der Waals surface area contributed by atoms with Crippen LogP contribution in [-0.4, -0.2) is 64.4 Å². The van der Waals surface area contributed by atoms with Crippen molar-refractivity contribution in [2.24, 2.45) is 0 Å². The van der Waals surface area contributed by atoms with Crippen LogP contribution in [0.1, 0.15) is 79.9 Å². The van der Waals surface area contributed by atoms with Gasteiger partial charge in [-0.1, -0.05) is 80.2 Å². The van der Waals surface area contributed by atoms with Gasteiger partial charge in [-0.05, 0) is 148 Å². The highest BCUT2D eigenvalue weighted by atomic mass is 32.2. The van der Waals surface area contributed by atoms with Gasteiger partial charge in [0.05, 0.1) is 11.2 Å². The summed E-state index contributed by atoms with van der Waals surface area (Å²) < 4.78 is 12.2. The highest BCUT2D eigenvalue weighted by Gasteiger charge is 2.51. The predicted octanol–water partition coefficient (Wildman–Crippen LogP) is 11.6. The second-order valence-corrected chi connectivity index (χ2v) is 19.8. The first-order valence-electron chi connectivity index (χ1n) is 21.8. The van der Waals surface area contributed by atoms with Crippen molar-refractivity contribution >= 4 is 65.2 Å². The number of ketones is 3. The van der Waals surface area contributed by atoms with Crippen molar-refractivity contribution in [1.29, 1.82) is 0 Å². The molecule has 7 nitrogen and oxygen atoms in total. The third-order valence-corrected chi connectivity index (χ3v) is 13.5. The highest BCUT2D eigenvalue weighted by molar-refractivity contribution is 7.99. The molecule has 0 atom stereocenters. The minimum Gasteiger partial charge on any atom is -0.399 e. The normalized spacial score (nSPS) is 13.3. The third kappa shape index (κ3) is 17.1. The zero-order valence-corrected chi connectivity index (χ0v) is 41.6. The SMILES string of the molecule is C.CSc1ccc(CC(=O)Cc2ccc(B3OC(C)(C)C(C)(C)O3)cc2)cc1.CSc1ccc(CC(=O)Cc2ccc(C)cn2)cc1.CSc1ccc(CC(=O)Cc2ccc(C)nc2)cc1. The molecule has 0 N–H and O–H groups in total. The van der Waals surface area contributed by atoms with Gasteiger partial charge < -0.3 is 9.31 Å². The minimum atomic E-state index is -0.366. The van der Waals surface area contributed by atoms with Crippen LogP contribution in [0.15, 0.2) is 148 Å². The Balaban J connectivity index is 0.000000220. The minimum absolute atomic E-state index is 0. The molecule has 1 aliphatic heterocycles. The molecule has 3 heterocycles. The van der Waals surface area contributed by atoms with E-state index >= 15 is 0 Å². The van der Waals surface area contributed by atoms with Crippen molar-refractivity contribution in [2.45, 2.75) is 113 Å². The van der Waals surface area contributed by atoms with Gasteiger partial charge in [-0.15, -0.1) is 35.3 Å². The third-order valence-electron chi connectivity index (χ3n) is 11.3. The first-order valence-corrected chi connectivity index (χ1v) is 25.4. The summed E-state index contributed by atoms with van der Waals surface area (Å²) in [6.07, 6.45) is 12.5. The topological polar surface area (TPSA) is 95.5 Å². The van der Waals surface area contributed by atoms with Crippen LogP contribution in [0, 0.1) is 13.8 Å². The number of Topliss-reactive ketones (excluding diaryl/α,β-unsaturated/α-hetero) is 3. The van der Waals surface area contributed by atoms with Crippen LogP contribution in [0.25, 0.3) is 0 Å². The summed E-state index contributed by atoms with van der Waals surface area (Å²) in [6.45, 7) is 12.1. The van der Waals surface area contributed by atoms with E-state index in [9.17, 15) is 14.4 Å². The molecule has 0 saturated carbocycles. The number of rotatable bonds is 16. The number of hydrogen-bond acceptors (Lipinski definition) is 10. The van der Waals surface area contributed by atoms with Crippen molar-refractivity contribution in [3.8, 4) is 0 Å². The Labute approximate surface area is 407 Å². The van der Waals surface area contributed by atoms with E-state index < -0.39 is 0 Å². The summed E-state index contributed by atoms with van der Waals surface area (Å²) in [6, 6.07) is 40.3. The van der Waals surface area contributed by atoms with Crippen molar-refractivity contribution in [1.82, 2.24) is 9.97 Å². The van der Waals surface area contributed by atoms with E-state index in [-0.39, 0.29) is 43.1 Å². The standard InChI is InChI=1S/C22H27BO3S.2C16H17NOS.CH4/c1-21(2)22(3,4)26-23(25-21)18-10-6-16(7-11-18)14-19(24)15-17-8-12-20(27-5)13-9-17;1-12-3-6-14(17-11-12)10-15(18)9-13-4-7-16(19-2)8-5-13;1-12-3-4-14(11-17-12)10-15(18)9-13-5-7-16(19-2)8-6-13;/h6-13H,14-15H2,1-5H3;2*3-8,11H,9-10H2,1-2H3;1H4. The van der Waals surface area contributed by atoms with E-state index in [0.717, 1.165) is 50.2 Å². The summed E-state index contributed by atoms with van der Waals surface area (Å²) in [7, 11) is -0.366. The van der Waals surface area contributed by atoms with Crippen LogP contribution < -0.4 is 5.46 Å². The van der Waals surface area contributed by atoms with Gasteiger partial charge in [0, 0.05) is 77.0 Å². The zero-order valence-electron chi connectivity index (χ0n) is 39.2. The maximum atomic E-state index is 12.4. The number of thioether (sulfide) groups is 3. The lowest BCUT2D eigenvalue weighted by Gasteiger charge is -2.32. The Morgan fingerprint density at radius 3 is 1.18 bits per heavy atom. The Hall–Kier alpha value is -4.78. The molecule has 6 aromatic rings. The molecule has 346 valence electrons. The first-order chi connectivity index (χ1) is 31.0. The fraction of sp³-hybridized carbons (Fsp3) is 0.327. The van der Waals surface area contributed by atoms with Gasteiger partial charge in [0.25, 0.3) is 0 Å². The Morgan fingerprint density at radius 1 is 0.470 bits per heavy atom. The second-order valence-electron chi connectivity index (χ2n) is 17.2. The number of nitrogens with zero attached hydrogens (tertiary/aromatic N) is 2. The fourth-order valence-electron chi connectivity index (χ4n) is 6.74. The zero-order chi connectivity index (χ0) is 47.0. The molecule has 0 spiro atoms. The van der Waals surface area contributed by atoms with Gasteiger partial charge in [-0.3, -0.25) is 24.4 Å². The molecule has 1 aliphatic rings. The lowest BCUT2D eigenvalue weighted by Crippen LogP contribution is -2.41. The second kappa shape index (κ2) is 25.9. The molecule has 1 saturated heterocycles. The molecule has 11 heteroatoms. The summed E-state index contributed by atoms with van der Waals surface area (Å²) in [5, 5.41) is 0. The molecule has 0 aliphatic carbocycles. The molecule has 1 fully saturated rings. The van der Waals surface area contributed by atoms with E-state index in [1.807, 2.05) is 145 Å². The van der Waals surface area contributed by atoms with Crippen LogP contribution >= 0.6 is 35.3 Å². The van der Waals surface area contributed by atoms with Gasteiger partial charge >= 0.3 is 7.12 Å². The van der Waals surface area contributed by atoms with E-state index in [1.165, 1.54) is 14.7 Å². The van der Waals surface area contributed by atoms with Crippen molar-refractivity contribution < 1.29 is 23.7 Å². The molecule has 0 bridgehead atoms. The van der Waals surface area contributed by atoms with Gasteiger partial charge in [-0.25, -0.2) is 0 Å². The molecule has 66 heavy (non-hydrogen) atoms. The van der Waals surface area contributed by atoms with Gasteiger partial charge in [-0.2, -0.15) is 0 Å². The Kier molecular flexibility index (Phi) is 21.2. The van der Waals surface area contributed by atoms with E-state index in [0.29, 0.717) is 38.5 Å². The molecular weight excluding hydrogens is 876 g/mol. The molecule has 0 radical (unpaired) electrons. The monoisotopic (exact) mass is 940 g/mol. The number of carbonyl (C=O) groups excluding carboxylic acids is 3. The molecule has 4 aromatic carbocycles. The van der Waals surface area contributed by atoms with E-state index in [2.05, 4.69) is 46.4 Å². The molecule has 0 unspecified atom stereocenters. The average Bonchev–Trinajstić information content (AvgIpc) is 3.52. The van der Waals surface area contributed by atoms with Crippen LogP contribution in [0.4, 0.5) is 0 Å². The van der Waals surface area contributed by atoms with Crippen LogP contribution in [-0.2, 0) is 62.2 Å². The predicted molar refractivity (Wildman–Crippen MR) is 279 cm³/mol. The van der Waals surface area contributed by atoms with Gasteiger partial charge in [0.1, 0.15) is 17.3 Å². The Morgan fingerprint density at radius 2 is 0.833 bits per heavy atom. The molecule has 0 amide bonds. The average molecular weight is 941 g/mol. The molecule has 2 aromatic heterocycles. The maximum absolute atomic E-state index is 12.4. The van der Waals surface area contributed by atoms with Crippen molar-refractivity contribution in [3.63, 3.8) is 0 Å². The molecular formula is C55H65BN2O5S3. The summed E-state index contributed by atoms with van der Waals surface area (Å²) >= 11 is 5.12. The summed E-state index contributed by atoms with van der Waals surface area (Å²) in [5.41, 5.74) is 8.42. The summed E-state index contributed by atoms with van der Waals surface area (Å²) in [4.78, 5) is 48.5. The number of hydrogen-bond donors (Lipinski definition) is 0. The van der Waals surface area contributed by atoms with Crippen LogP contribution in [0.5, 0.6) is 0 Å². The number of aromatic nitrogens is 2. The van der Waals surface area contributed by atoms with E-state index in [4.69, 9.17) is 9.31 Å². The fourth-order valence-corrected chi connectivity index (χ4v) is 7.96. The van der Waals surface area contributed by atoms with Crippen molar-refractivity contribution in [3.05, 3.63) is 178 Å².